The smallest absolute Gasteiger partial charge is 0.254 e. The van der Waals surface area contributed by atoms with E-state index < -0.39 is 0 Å². The van der Waals surface area contributed by atoms with Crippen molar-refractivity contribution in [2.24, 2.45) is 5.92 Å². The molecule has 2 nitrogen and oxygen atoms in total. The predicted molar refractivity (Wildman–Crippen MR) is 106 cm³/mol. The van der Waals surface area contributed by atoms with Crippen molar-refractivity contribution in [3.05, 3.63) is 88.6 Å². The fourth-order valence-electron chi connectivity index (χ4n) is 2.79. The Labute approximate surface area is 151 Å². The molecule has 1 saturated heterocycles. The van der Waals surface area contributed by atoms with Crippen LogP contribution in [0.5, 0.6) is 0 Å². The van der Waals surface area contributed by atoms with Crippen LogP contribution in [0, 0.1) is 26.7 Å². The number of allylic oxidation sites excluding steroid dienone is 1. The predicted octanol–water partition coefficient (Wildman–Crippen LogP) is 5.30. The molecule has 25 heavy (non-hydrogen) atoms. The van der Waals surface area contributed by atoms with Gasteiger partial charge in [0.2, 0.25) is 0 Å². The second kappa shape index (κ2) is 7.98. The number of likely N-dealkylation sites (tertiary alicyclic amines) is 1. The minimum atomic E-state index is 0.0568. The monoisotopic (exact) mass is 333 g/mol. The summed E-state index contributed by atoms with van der Waals surface area (Å²) in [6, 6.07) is 16.4. The molecular formula is C23H27NO. The highest BCUT2D eigenvalue weighted by molar-refractivity contribution is 6.02. The second-order valence-electron chi connectivity index (χ2n) is 6.68. The van der Waals surface area contributed by atoms with Crippen LogP contribution in [0.15, 0.2) is 66.4 Å². The third kappa shape index (κ3) is 4.48. The minimum Gasteiger partial charge on any atom is -0.315 e. The van der Waals surface area contributed by atoms with E-state index >= 15 is 0 Å². The summed E-state index contributed by atoms with van der Waals surface area (Å²) in [6.07, 6.45) is 1.95. The van der Waals surface area contributed by atoms with E-state index in [0.717, 1.165) is 16.8 Å². The van der Waals surface area contributed by atoms with Gasteiger partial charge >= 0.3 is 0 Å². The van der Waals surface area contributed by atoms with Gasteiger partial charge in [-0.1, -0.05) is 67.6 Å². The number of aryl methyl sites for hydroxylation is 3. The van der Waals surface area contributed by atoms with Gasteiger partial charge in [0, 0.05) is 24.2 Å². The molecule has 1 heterocycles. The number of carbonyl (C=O) groups is 1. The van der Waals surface area contributed by atoms with Crippen molar-refractivity contribution in [2.75, 3.05) is 7.05 Å². The van der Waals surface area contributed by atoms with Gasteiger partial charge in [-0.2, -0.15) is 0 Å². The molecule has 1 atom stereocenters. The maximum absolute atomic E-state index is 11.9. The average molecular weight is 333 g/mol. The molecule has 0 saturated carbocycles. The molecule has 2 aromatic rings. The quantitative estimate of drug-likeness (QED) is 0.648. The molecule has 0 aromatic heterocycles. The molecule has 0 radical (unpaired) electrons. The van der Waals surface area contributed by atoms with Gasteiger partial charge in [-0.15, -0.1) is 0 Å². The number of nitrogens with zero attached hydrogens (tertiary/aromatic N) is 1. The highest BCUT2D eigenvalue weighted by Crippen LogP contribution is 2.32. The Kier molecular flexibility index (Phi) is 5.97. The topological polar surface area (TPSA) is 20.3 Å². The molecule has 1 aliphatic rings. The summed E-state index contributed by atoms with van der Waals surface area (Å²) in [5, 5.41) is 0. The zero-order valence-corrected chi connectivity index (χ0v) is 15.8. The number of amides is 1. The fraction of sp³-hybridized carbons (Fsp3) is 0.261. The molecular weight excluding hydrogens is 306 g/mol. The Balaban J connectivity index is 0.000000212. The lowest BCUT2D eigenvalue weighted by Crippen LogP contribution is -2.17. The summed E-state index contributed by atoms with van der Waals surface area (Å²) in [6.45, 7) is 12.3. The number of rotatable bonds is 1. The summed E-state index contributed by atoms with van der Waals surface area (Å²) in [5.74, 6) is 0.166. The number of likely N-dealkylation sites (N-methyl/N-ethyl adjacent to an activating group) is 1. The minimum absolute atomic E-state index is 0.0568. The van der Waals surface area contributed by atoms with Crippen LogP contribution in [-0.4, -0.2) is 17.9 Å². The molecule has 3 rings (SSSR count). The Morgan fingerprint density at radius 1 is 1.00 bits per heavy atom. The normalized spacial score (nSPS) is 18.4. The molecule has 0 bridgehead atoms. The summed E-state index contributed by atoms with van der Waals surface area (Å²) >= 11 is 0. The van der Waals surface area contributed by atoms with Crippen molar-refractivity contribution >= 4 is 12.0 Å². The second-order valence-corrected chi connectivity index (χ2v) is 6.68. The number of benzene rings is 2. The van der Waals surface area contributed by atoms with Crippen molar-refractivity contribution in [2.45, 2.75) is 27.7 Å². The summed E-state index contributed by atoms with van der Waals surface area (Å²) in [5.41, 5.74) is 6.85. The van der Waals surface area contributed by atoms with Gasteiger partial charge < -0.3 is 4.90 Å². The van der Waals surface area contributed by atoms with Gasteiger partial charge in [-0.05, 0) is 43.5 Å². The van der Waals surface area contributed by atoms with E-state index in [-0.39, 0.29) is 11.8 Å². The van der Waals surface area contributed by atoms with E-state index in [9.17, 15) is 4.79 Å². The Morgan fingerprint density at radius 3 is 2.12 bits per heavy atom. The SMILES string of the molecule is C=C1C(C)/C(=C/c2ccccc2)C(=O)N1C.Cc1ccc(C)c(C)c1. The number of hydrogen-bond acceptors (Lipinski definition) is 1. The molecule has 1 unspecified atom stereocenters. The first kappa shape index (κ1) is 18.7. The van der Waals surface area contributed by atoms with Crippen molar-refractivity contribution in [1.82, 2.24) is 4.90 Å². The van der Waals surface area contributed by atoms with Gasteiger partial charge in [-0.3, -0.25) is 4.79 Å². The van der Waals surface area contributed by atoms with Gasteiger partial charge in [0.1, 0.15) is 0 Å². The summed E-state index contributed by atoms with van der Waals surface area (Å²) in [7, 11) is 1.77. The maximum atomic E-state index is 11.9. The van der Waals surface area contributed by atoms with Crippen LogP contribution in [0.25, 0.3) is 6.08 Å². The lowest BCUT2D eigenvalue weighted by molar-refractivity contribution is -0.122. The van der Waals surface area contributed by atoms with E-state index in [2.05, 4.69) is 45.5 Å². The molecule has 1 aliphatic heterocycles. The standard InChI is InChI=1S/C14H15NO.C9H12/c1-10-11(2)15(3)14(16)13(10)9-12-7-5-4-6-8-12;1-7-4-5-8(2)9(3)6-7/h4-10H,2H2,1,3H3;4-6H,1-3H3/b13-9-;. The van der Waals surface area contributed by atoms with Crippen LogP contribution < -0.4 is 0 Å². The summed E-state index contributed by atoms with van der Waals surface area (Å²) in [4.78, 5) is 13.6. The Hall–Kier alpha value is -2.61. The van der Waals surface area contributed by atoms with Crippen LogP contribution in [0.3, 0.4) is 0 Å². The first-order chi connectivity index (χ1) is 11.8. The van der Waals surface area contributed by atoms with Crippen LogP contribution >= 0.6 is 0 Å². The highest BCUT2D eigenvalue weighted by atomic mass is 16.2. The van der Waals surface area contributed by atoms with Gasteiger partial charge in [0.15, 0.2) is 0 Å². The van der Waals surface area contributed by atoms with E-state index in [1.165, 1.54) is 16.7 Å². The van der Waals surface area contributed by atoms with E-state index in [4.69, 9.17) is 0 Å². The average Bonchev–Trinajstić information content (AvgIpc) is 2.78. The summed E-state index contributed by atoms with van der Waals surface area (Å²) < 4.78 is 0. The van der Waals surface area contributed by atoms with Crippen molar-refractivity contribution in [3.63, 3.8) is 0 Å². The molecule has 0 N–H and O–H groups in total. The Morgan fingerprint density at radius 2 is 1.64 bits per heavy atom. The van der Waals surface area contributed by atoms with Crippen molar-refractivity contribution < 1.29 is 4.79 Å². The number of carbonyl (C=O) groups excluding carboxylic acids is 1. The van der Waals surface area contributed by atoms with Gasteiger partial charge in [0.05, 0.1) is 0 Å². The first-order valence-corrected chi connectivity index (χ1v) is 8.58. The highest BCUT2D eigenvalue weighted by Gasteiger charge is 2.32. The molecule has 1 amide bonds. The van der Waals surface area contributed by atoms with Crippen molar-refractivity contribution in [3.8, 4) is 0 Å². The lowest BCUT2D eigenvalue weighted by Gasteiger charge is -2.08. The fourth-order valence-corrected chi connectivity index (χ4v) is 2.79. The van der Waals surface area contributed by atoms with Crippen LogP contribution in [0.1, 0.15) is 29.2 Å². The molecule has 130 valence electrons. The van der Waals surface area contributed by atoms with Gasteiger partial charge in [0.25, 0.3) is 5.91 Å². The molecule has 0 aliphatic carbocycles. The number of hydrogen-bond donors (Lipinski definition) is 0. The molecule has 2 heteroatoms. The van der Waals surface area contributed by atoms with E-state index in [0.29, 0.717) is 0 Å². The Bertz CT molecular complexity index is 802. The maximum Gasteiger partial charge on any atom is 0.254 e. The molecule has 0 spiro atoms. The first-order valence-electron chi connectivity index (χ1n) is 8.58. The third-order valence-corrected chi connectivity index (χ3v) is 4.73. The van der Waals surface area contributed by atoms with E-state index in [1.54, 1.807) is 11.9 Å². The van der Waals surface area contributed by atoms with E-state index in [1.807, 2.05) is 43.3 Å². The van der Waals surface area contributed by atoms with Gasteiger partial charge in [-0.25, -0.2) is 0 Å². The largest absolute Gasteiger partial charge is 0.315 e. The zero-order chi connectivity index (χ0) is 18.6. The zero-order valence-electron chi connectivity index (χ0n) is 15.8. The molecule has 2 aromatic carbocycles. The third-order valence-electron chi connectivity index (χ3n) is 4.73. The van der Waals surface area contributed by atoms with Crippen LogP contribution in [0.4, 0.5) is 0 Å². The van der Waals surface area contributed by atoms with Crippen LogP contribution in [-0.2, 0) is 4.79 Å². The lowest BCUT2D eigenvalue weighted by atomic mass is 10.00. The van der Waals surface area contributed by atoms with Crippen molar-refractivity contribution in [1.29, 1.82) is 0 Å². The molecule has 1 fully saturated rings. The van der Waals surface area contributed by atoms with Crippen LogP contribution in [0.2, 0.25) is 0 Å².